The van der Waals surface area contributed by atoms with Gasteiger partial charge in [-0.3, -0.25) is 18.2 Å². The summed E-state index contributed by atoms with van der Waals surface area (Å²) in [5.74, 6) is 1.94. The molecule has 1 heterocycles. The van der Waals surface area contributed by atoms with E-state index in [-0.39, 0.29) is 24.9 Å². The molecule has 0 aliphatic carbocycles. The minimum atomic E-state index is 0.0547. The summed E-state index contributed by atoms with van der Waals surface area (Å²) in [6, 6.07) is 0. The lowest BCUT2D eigenvalue weighted by Crippen LogP contribution is -2.48. The Balaban J connectivity index is 2.27. The molecule has 1 rings (SSSR count). The maximum absolute atomic E-state index is 11.9. The van der Waals surface area contributed by atoms with E-state index in [2.05, 4.69) is 13.8 Å². The second-order valence-electron chi connectivity index (χ2n) is 4.59. The second-order valence-corrected chi connectivity index (χ2v) is 6.80. The first-order chi connectivity index (χ1) is 9.19. The Bertz CT molecular complexity index is 300. The van der Waals surface area contributed by atoms with Crippen molar-refractivity contribution in [3.8, 4) is 0 Å². The normalized spacial score (nSPS) is 16.3. The van der Waals surface area contributed by atoms with Crippen molar-refractivity contribution in [2.45, 2.75) is 46.0 Å². The molecule has 0 N–H and O–H groups in total. The molecular formula is C13H24N2O2S2. The first kappa shape index (κ1) is 16.7. The summed E-state index contributed by atoms with van der Waals surface area (Å²) in [7, 11) is 0. The molecule has 0 radical (unpaired) electrons. The van der Waals surface area contributed by atoms with Crippen LogP contribution in [0.3, 0.4) is 0 Å². The van der Waals surface area contributed by atoms with Crippen LogP contribution < -0.4 is 0 Å². The van der Waals surface area contributed by atoms with Crippen molar-refractivity contribution >= 4 is 35.7 Å². The number of carbonyl (C=O) groups excluding carboxylic acids is 2. The van der Waals surface area contributed by atoms with Gasteiger partial charge in [0.05, 0.1) is 0 Å². The predicted octanol–water partition coefficient (Wildman–Crippen LogP) is 2.94. The van der Waals surface area contributed by atoms with Crippen molar-refractivity contribution in [2.24, 2.45) is 0 Å². The van der Waals surface area contributed by atoms with Gasteiger partial charge in [-0.25, -0.2) is 0 Å². The number of unbranched alkanes of at least 4 members (excludes halogenated alkanes) is 3. The van der Waals surface area contributed by atoms with Crippen LogP contribution in [0.5, 0.6) is 0 Å². The molecule has 0 aromatic heterocycles. The molecule has 0 aromatic carbocycles. The summed E-state index contributed by atoms with van der Waals surface area (Å²) in [5, 5.41) is 0. The Morgan fingerprint density at radius 2 is 1.42 bits per heavy atom. The molecule has 1 aliphatic heterocycles. The van der Waals surface area contributed by atoms with E-state index >= 15 is 0 Å². The average molecular weight is 304 g/mol. The van der Waals surface area contributed by atoms with Crippen molar-refractivity contribution in [2.75, 3.05) is 24.6 Å². The van der Waals surface area contributed by atoms with Crippen molar-refractivity contribution in [3.63, 3.8) is 0 Å². The molecule has 0 saturated carbocycles. The lowest BCUT2D eigenvalue weighted by molar-refractivity contribution is -0.140. The van der Waals surface area contributed by atoms with Crippen LogP contribution in [0, 0.1) is 0 Å². The van der Waals surface area contributed by atoms with E-state index in [1.54, 1.807) is 8.61 Å². The number of hydrogen-bond donors (Lipinski definition) is 0. The highest BCUT2D eigenvalue weighted by Crippen LogP contribution is 2.22. The zero-order chi connectivity index (χ0) is 14.1. The van der Waals surface area contributed by atoms with Gasteiger partial charge in [0.2, 0.25) is 0 Å². The third-order valence-electron chi connectivity index (χ3n) is 2.81. The van der Waals surface area contributed by atoms with E-state index < -0.39 is 0 Å². The number of amides is 2. The van der Waals surface area contributed by atoms with Crippen molar-refractivity contribution in [3.05, 3.63) is 0 Å². The zero-order valence-corrected chi connectivity index (χ0v) is 13.5. The third kappa shape index (κ3) is 6.08. The Morgan fingerprint density at radius 3 is 1.95 bits per heavy atom. The molecule has 4 nitrogen and oxygen atoms in total. The first-order valence-electron chi connectivity index (χ1n) is 7.05. The van der Waals surface area contributed by atoms with Gasteiger partial charge in [-0.15, -0.1) is 0 Å². The molecule has 0 spiro atoms. The van der Waals surface area contributed by atoms with Gasteiger partial charge in [0.25, 0.3) is 11.8 Å². The van der Waals surface area contributed by atoms with Gasteiger partial charge >= 0.3 is 0 Å². The quantitative estimate of drug-likeness (QED) is 0.485. The smallest absolute Gasteiger partial charge is 0.253 e. The van der Waals surface area contributed by atoms with Crippen LogP contribution in [0.15, 0.2) is 0 Å². The highest BCUT2D eigenvalue weighted by atomic mass is 32.2. The Kier molecular flexibility index (Phi) is 8.37. The monoisotopic (exact) mass is 304 g/mol. The highest BCUT2D eigenvalue weighted by molar-refractivity contribution is 7.98. The van der Waals surface area contributed by atoms with E-state index in [0.717, 1.165) is 24.3 Å². The van der Waals surface area contributed by atoms with Gasteiger partial charge in [0.1, 0.15) is 13.1 Å². The standard InChI is InChI=1S/C13H24N2O2S2/c1-3-5-6-7-9-19-15-11-12(16)14(10-13(15)17)18-8-4-2/h3-11H2,1-2H3. The number of hydrogen-bond acceptors (Lipinski definition) is 4. The molecule has 0 atom stereocenters. The molecule has 19 heavy (non-hydrogen) atoms. The molecule has 1 saturated heterocycles. The molecule has 110 valence electrons. The van der Waals surface area contributed by atoms with Crippen LogP contribution in [0.2, 0.25) is 0 Å². The van der Waals surface area contributed by atoms with Gasteiger partial charge in [0, 0.05) is 11.5 Å². The lowest BCUT2D eigenvalue weighted by atomic mass is 10.2. The van der Waals surface area contributed by atoms with Gasteiger partial charge in [-0.05, 0) is 36.7 Å². The number of rotatable bonds is 9. The summed E-state index contributed by atoms with van der Waals surface area (Å²) in [5.41, 5.74) is 0. The minimum Gasteiger partial charge on any atom is -0.275 e. The fourth-order valence-electron chi connectivity index (χ4n) is 1.72. The molecule has 0 aromatic rings. The lowest BCUT2D eigenvalue weighted by Gasteiger charge is -2.32. The third-order valence-corrected chi connectivity index (χ3v) is 5.16. The fourth-order valence-corrected chi connectivity index (χ4v) is 3.48. The Hall–Kier alpha value is -0.360. The summed E-state index contributed by atoms with van der Waals surface area (Å²) in [6.45, 7) is 4.71. The van der Waals surface area contributed by atoms with Crippen LogP contribution in [0.1, 0.15) is 46.0 Å². The predicted molar refractivity (Wildman–Crippen MR) is 82.8 cm³/mol. The van der Waals surface area contributed by atoms with Gasteiger partial charge in [-0.1, -0.05) is 33.1 Å². The molecule has 1 fully saturated rings. The highest BCUT2D eigenvalue weighted by Gasteiger charge is 2.30. The van der Waals surface area contributed by atoms with Crippen molar-refractivity contribution < 1.29 is 9.59 Å². The molecule has 6 heteroatoms. The number of carbonyl (C=O) groups is 2. The Labute approximate surface area is 124 Å². The van der Waals surface area contributed by atoms with E-state index in [4.69, 9.17) is 0 Å². The summed E-state index contributed by atoms with van der Waals surface area (Å²) in [6.07, 6.45) is 5.80. The molecular weight excluding hydrogens is 280 g/mol. The van der Waals surface area contributed by atoms with Crippen LogP contribution in [0.4, 0.5) is 0 Å². The SMILES string of the molecule is CCCCCCSN1CC(=O)N(SCCC)CC1=O. The summed E-state index contributed by atoms with van der Waals surface area (Å²) < 4.78 is 3.25. The van der Waals surface area contributed by atoms with E-state index in [0.29, 0.717) is 0 Å². The van der Waals surface area contributed by atoms with E-state index in [1.165, 1.54) is 43.2 Å². The maximum Gasteiger partial charge on any atom is 0.253 e. The van der Waals surface area contributed by atoms with E-state index in [9.17, 15) is 9.59 Å². The van der Waals surface area contributed by atoms with Crippen molar-refractivity contribution in [1.82, 2.24) is 8.61 Å². The zero-order valence-electron chi connectivity index (χ0n) is 11.9. The van der Waals surface area contributed by atoms with E-state index in [1.807, 2.05) is 0 Å². The van der Waals surface area contributed by atoms with Crippen LogP contribution in [-0.4, -0.2) is 45.0 Å². The first-order valence-corrected chi connectivity index (χ1v) is 8.94. The molecule has 2 amide bonds. The molecule has 1 aliphatic rings. The molecule has 0 unspecified atom stereocenters. The van der Waals surface area contributed by atoms with Gasteiger partial charge in [0.15, 0.2) is 0 Å². The Morgan fingerprint density at radius 1 is 0.842 bits per heavy atom. The number of piperazine rings is 1. The van der Waals surface area contributed by atoms with Gasteiger partial charge < -0.3 is 0 Å². The van der Waals surface area contributed by atoms with Crippen molar-refractivity contribution in [1.29, 1.82) is 0 Å². The largest absolute Gasteiger partial charge is 0.275 e. The van der Waals surface area contributed by atoms with Crippen LogP contribution in [0.25, 0.3) is 0 Å². The topological polar surface area (TPSA) is 40.6 Å². The minimum absolute atomic E-state index is 0.0547. The number of nitrogens with zero attached hydrogens (tertiary/aromatic N) is 2. The second kappa shape index (κ2) is 9.53. The average Bonchev–Trinajstić information content (AvgIpc) is 2.40. The fraction of sp³-hybridized carbons (Fsp3) is 0.846. The maximum atomic E-state index is 11.9. The van der Waals surface area contributed by atoms with Crippen LogP contribution in [-0.2, 0) is 9.59 Å². The summed E-state index contributed by atoms with van der Waals surface area (Å²) in [4.78, 5) is 23.8. The van der Waals surface area contributed by atoms with Gasteiger partial charge in [-0.2, -0.15) is 0 Å². The molecule has 0 bridgehead atoms. The van der Waals surface area contributed by atoms with Crippen LogP contribution >= 0.6 is 23.9 Å². The summed E-state index contributed by atoms with van der Waals surface area (Å²) >= 11 is 2.99.